The van der Waals surface area contributed by atoms with Gasteiger partial charge < -0.3 is 9.72 Å². The Bertz CT molecular complexity index is 918. The average Bonchev–Trinajstić information content (AvgIpc) is 3.14. The Labute approximate surface area is 147 Å². The minimum atomic E-state index is 0.801. The summed E-state index contributed by atoms with van der Waals surface area (Å²) in [6.45, 7) is 0. The highest BCUT2D eigenvalue weighted by atomic mass is 16.5. The van der Waals surface area contributed by atoms with Gasteiger partial charge in [0.25, 0.3) is 0 Å². The number of imidazole rings is 1. The smallest absolute Gasteiger partial charge is 0.142 e. The van der Waals surface area contributed by atoms with Gasteiger partial charge in [-0.1, -0.05) is 72.8 Å². The highest BCUT2D eigenvalue weighted by molar-refractivity contribution is 5.82. The number of hydrogen-bond donors (Lipinski definition) is 1. The van der Waals surface area contributed by atoms with Crippen LogP contribution in [0, 0.1) is 0 Å². The van der Waals surface area contributed by atoms with E-state index in [0.29, 0.717) is 0 Å². The van der Waals surface area contributed by atoms with Crippen LogP contribution in [0.1, 0.15) is 0 Å². The molecule has 4 rings (SSSR count). The number of ether oxygens (including phenoxy) is 1. The third-order valence-electron chi connectivity index (χ3n) is 4.18. The summed E-state index contributed by atoms with van der Waals surface area (Å²) < 4.78 is 5.50. The van der Waals surface area contributed by atoms with Crippen LogP contribution in [-0.4, -0.2) is 17.1 Å². The van der Waals surface area contributed by atoms with Crippen molar-refractivity contribution in [1.82, 2.24) is 9.97 Å². The lowest BCUT2D eigenvalue weighted by Crippen LogP contribution is -1.88. The zero-order valence-corrected chi connectivity index (χ0v) is 13.9. The third kappa shape index (κ3) is 2.92. The van der Waals surface area contributed by atoms with Crippen LogP contribution in [0.25, 0.3) is 33.9 Å². The molecule has 25 heavy (non-hydrogen) atoms. The van der Waals surface area contributed by atoms with E-state index >= 15 is 0 Å². The molecule has 1 heterocycles. The first-order valence-electron chi connectivity index (χ1n) is 8.21. The number of H-pyrrole nitrogens is 1. The Balaban J connectivity index is 1.93. The van der Waals surface area contributed by atoms with Crippen LogP contribution in [0.5, 0.6) is 5.75 Å². The molecule has 0 saturated carbocycles. The molecule has 4 aromatic rings. The van der Waals surface area contributed by atoms with Gasteiger partial charge in [-0.05, 0) is 12.1 Å². The first-order chi connectivity index (χ1) is 12.4. The van der Waals surface area contributed by atoms with Crippen LogP contribution < -0.4 is 4.74 Å². The molecule has 0 aliphatic heterocycles. The summed E-state index contributed by atoms with van der Waals surface area (Å²) in [7, 11) is 1.68. The molecule has 0 aliphatic carbocycles. The van der Waals surface area contributed by atoms with Crippen LogP contribution in [0.3, 0.4) is 0 Å². The van der Waals surface area contributed by atoms with Crippen LogP contribution in [-0.2, 0) is 0 Å². The summed E-state index contributed by atoms with van der Waals surface area (Å²) in [6.07, 6.45) is 0. The van der Waals surface area contributed by atoms with Gasteiger partial charge in [0, 0.05) is 11.1 Å². The molecule has 0 unspecified atom stereocenters. The predicted molar refractivity (Wildman–Crippen MR) is 101 cm³/mol. The SMILES string of the molecule is COc1ccccc1-c1nc(-c2ccccc2)c(-c2ccccc2)[nH]1. The quantitative estimate of drug-likeness (QED) is 0.544. The zero-order valence-electron chi connectivity index (χ0n) is 13.9. The lowest BCUT2D eigenvalue weighted by molar-refractivity contribution is 0.416. The van der Waals surface area contributed by atoms with Gasteiger partial charge in [0.15, 0.2) is 0 Å². The summed E-state index contributed by atoms with van der Waals surface area (Å²) in [4.78, 5) is 8.40. The van der Waals surface area contributed by atoms with Gasteiger partial charge in [-0.2, -0.15) is 0 Å². The Morgan fingerprint density at radius 3 is 2.00 bits per heavy atom. The van der Waals surface area contributed by atoms with Crippen molar-refractivity contribution < 1.29 is 4.74 Å². The molecule has 3 heteroatoms. The van der Waals surface area contributed by atoms with Gasteiger partial charge in [0.1, 0.15) is 11.6 Å². The molecule has 0 aliphatic rings. The van der Waals surface area contributed by atoms with Crippen molar-refractivity contribution in [1.29, 1.82) is 0 Å². The minimum absolute atomic E-state index is 0.801. The van der Waals surface area contributed by atoms with E-state index in [2.05, 4.69) is 29.2 Å². The second-order valence-electron chi connectivity index (χ2n) is 5.74. The van der Waals surface area contributed by atoms with Crippen molar-refractivity contribution in [2.24, 2.45) is 0 Å². The number of nitrogens with one attached hydrogen (secondary N) is 1. The van der Waals surface area contributed by atoms with E-state index in [1.807, 2.05) is 60.7 Å². The van der Waals surface area contributed by atoms with Gasteiger partial charge in [-0.25, -0.2) is 4.98 Å². The van der Waals surface area contributed by atoms with E-state index in [-0.39, 0.29) is 0 Å². The van der Waals surface area contributed by atoms with Crippen LogP contribution >= 0.6 is 0 Å². The maximum absolute atomic E-state index is 5.50. The molecular formula is C22H18N2O. The maximum atomic E-state index is 5.50. The molecule has 0 amide bonds. The number of aromatic nitrogens is 2. The molecule has 0 saturated heterocycles. The number of nitrogens with zero attached hydrogens (tertiary/aromatic N) is 1. The van der Waals surface area contributed by atoms with E-state index in [1.165, 1.54) is 0 Å². The summed E-state index contributed by atoms with van der Waals surface area (Å²) in [5.41, 5.74) is 5.08. The highest BCUT2D eigenvalue weighted by Crippen LogP contribution is 2.35. The van der Waals surface area contributed by atoms with Crippen molar-refractivity contribution >= 4 is 0 Å². The van der Waals surface area contributed by atoms with Gasteiger partial charge in [0.05, 0.1) is 24.1 Å². The molecule has 122 valence electrons. The number of rotatable bonds is 4. The van der Waals surface area contributed by atoms with Crippen LogP contribution in [0.15, 0.2) is 84.9 Å². The summed E-state index contributed by atoms with van der Waals surface area (Å²) in [5.74, 6) is 1.60. The fraction of sp³-hybridized carbons (Fsp3) is 0.0455. The van der Waals surface area contributed by atoms with E-state index in [0.717, 1.165) is 39.7 Å². The molecule has 0 bridgehead atoms. The van der Waals surface area contributed by atoms with E-state index in [9.17, 15) is 0 Å². The largest absolute Gasteiger partial charge is 0.496 e. The van der Waals surface area contributed by atoms with Crippen LogP contribution in [0.2, 0.25) is 0 Å². The first kappa shape index (κ1) is 15.2. The summed E-state index contributed by atoms with van der Waals surface area (Å²) >= 11 is 0. The van der Waals surface area contributed by atoms with Gasteiger partial charge in [0.2, 0.25) is 0 Å². The minimum Gasteiger partial charge on any atom is -0.496 e. The lowest BCUT2D eigenvalue weighted by atomic mass is 10.1. The van der Waals surface area contributed by atoms with E-state index in [1.54, 1.807) is 7.11 Å². The number of hydrogen-bond acceptors (Lipinski definition) is 2. The van der Waals surface area contributed by atoms with Gasteiger partial charge >= 0.3 is 0 Å². The fourth-order valence-electron chi connectivity index (χ4n) is 2.96. The summed E-state index contributed by atoms with van der Waals surface area (Å²) in [6, 6.07) is 28.4. The fourth-order valence-corrected chi connectivity index (χ4v) is 2.96. The first-order valence-corrected chi connectivity index (χ1v) is 8.21. The molecule has 3 nitrogen and oxygen atoms in total. The van der Waals surface area contributed by atoms with E-state index in [4.69, 9.17) is 9.72 Å². The van der Waals surface area contributed by atoms with Gasteiger partial charge in [-0.3, -0.25) is 0 Å². The lowest BCUT2D eigenvalue weighted by Gasteiger charge is -2.05. The van der Waals surface area contributed by atoms with Crippen molar-refractivity contribution in [3.63, 3.8) is 0 Å². The number of para-hydroxylation sites is 1. The standard InChI is InChI=1S/C22H18N2O/c1-25-19-15-9-8-14-18(19)22-23-20(16-10-4-2-5-11-16)21(24-22)17-12-6-3-7-13-17/h2-15H,1H3,(H,23,24). The maximum Gasteiger partial charge on any atom is 0.142 e. The molecule has 0 fully saturated rings. The number of aromatic amines is 1. The second-order valence-corrected chi connectivity index (χ2v) is 5.74. The van der Waals surface area contributed by atoms with E-state index < -0.39 is 0 Å². The monoisotopic (exact) mass is 326 g/mol. The van der Waals surface area contributed by atoms with Crippen molar-refractivity contribution in [3.8, 4) is 39.7 Å². The molecule has 3 aromatic carbocycles. The Hall–Kier alpha value is -3.33. The molecule has 1 N–H and O–H groups in total. The van der Waals surface area contributed by atoms with Crippen LogP contribution in [0.4, 0.5) is 0 Å². The second kappa shape index (κ2) is 6.65. The van der Waals surface area contributed by atoms with Crippen molar-refractivity contribution in [2.75, 3.05) is 7.11 Å². The Morgan fingerprint density at radius 2 is 1.32 bits per heavy atom. The van der Waals surface area contributed by atoms with Gasteiger partial charge in [-0.15, -0.1) is 0 Å². The zero-order chi connectivity index (χ0) is 17.1. The Kier molecular flexibility index (Phi) is 4.05. The normalized spacial score (nSPS) is 10.6. The molecule has 1 aromatic heterocycles. The molecule has 0 atom stereocenters. The summed E-state index contributed by atoms with van der Waals surface area (Å²) in [5, 5.41) is 0. The topological polar surface area (TPSA) is 37.9 Å². The Morgan fingerprint density at radius 1 is 0.720 bits per heavy atom. The number of benzene rings is 3. The molecule has 0 radical (unpaired) electrons. The number of methoxy groups -OCH3 is 1. The molecular weight excluding hydrogens is 308 g/mol. The average molecular weight is 326 g/mol. The highest BCUT2D eigenvalue weighted by Gasteiger charge is 2.16. The van der Waals surface area contributed by atoms with Crippen molar-refractivity contribution in [2.45, 2.75) is 0 Å². The molecule has 0 spiro atoms. The third-order valence-corrected chi connectivity index (χ3v) is 4.18. The predicted octanol–water partition coefficient (Wildman–Crippen LogP) is 5.42. The van der Waals surface area contributed by atoms with Crippen molar-refractivity contribution in [3.05, 3.63) is 84.9 Å².